The minimum absolute atomic E-state index is 0.0324. The molecule has 1 aliphatic rings. The smallest absolute Gasteiger partial charge is 0.227 e. The molecule has 0 saturated carbocycles. The van der Waals surface area contributed by atoms with Crippen LogP contribution in [-0.4, -0.2) is 16.6 Å². The zero-order valence-electron chi connectivity index (χ0n) is 15.8. The maximum absolute atomic E-state index is 14.3. The Bertz CT molecular complexity index is 1070. The van der Waals surface area contributed by atoms with E-state index in [1.165, 1.54) is 12.1 Å². The van der Waals surface area contributed by atoms with Gasteiger partial charge in [0.05, 0.1) is 17.8 Å². The largest absolute Gasteiger partial charge is 0.307 e. The van der Waals surface area contributed by atoms with Crippen molar-refractivity contribution in [2.45, 2.75) is 19.4 Å². The second kappa shape index (κ2) is 8.23. The summed E-state index contributed by atoms with van der Waals surface area (Å²) in [5, 5.41) is 0. The van der Waals surface area contributed by atoms with Crippen molar-refractivity contribution < 1.29 is 14.0 Å². The second-order valence-electron chi connectivity index (χ2n) is 6.97. The number of carbonyl (C=O) groups is 2. The third kappa shape index (κ3) is 3.87. The maximum Gasteiger partial charge on any atom is 0.227 e. The molecule has 0 unspecified atom stereocenters. The summed E-state index contributed by atoms with van der Waals surface area (Å²) in [6.45, 7) is 0.359. The first-order valence-electron chi connectivity index (χ1n) is 9.57. The van der Waals surface area contributed by atoms with E-state index in [0.717, 1.165) is 11.1 Å². The molecule has 1 amide bonds. The van der Waals surface area contributed by atoms with Gasteiger partial charge in [-0.1, -0.05) is 72.8 Å². The third-order valence-electron chi connectivity index (χ3n) is 5.07. The lowest BCUT2D eigenvalue weighted by atomic mass is 9.90. The molecule has 144 valence electrons. The van der Waals surface area contributed by atoms with Crippen LogP contribution in [0.3, 0.4) is 0 Å². The van der Waals surface area contributed by atoms with Gasteiger partial charge in [-0.25, -0.2) is 4.39 Å². The fraction of sp³-hybridized carbons (Fsp3) is 0.120. The number of benzene rings is 3. The summed E-state index contributed by atoms with van der Waals surface area (Å²) in [5.41, 5.74) is 2.81. The van der Waals surface area contributed by atoms with Crippen LogP contribution in [0.15, 0.2) is 90.5 Å². The highest BCUT2D eigenvalue weighted by molar-refractivity contribution is 6.15. The predicted octanol–water partition coefficient (Wildman–Crippen LogP) is 5.24. The standard InChI is InChI=1S/C25H20FNO2/c26-22-14-8-7-13-20(22)25(29)21-15-16-23(28)27(17-18-9-3-1-4-10-18)24(21)19-11-5-2-6-12-19/h1-14H,15-17H2. The molecule has 0 radical (unpaired) electrons. The monoisotopic (exact) mass is 385 g/mol. The number of hydrogen-bond acceptors (Lipinski definition) is 2. The van der Waals surface area contributed by atoms with Crippen LogP contribution in [0.1, 0.15) is 34.3 Å². The first-order valence-corrected chi connectivity index (χ1v) is 9.57. The molecule has 0 bridgehead atoms. The molecule has 4 rings (SSSR count). The number of carbonyl (C=O) groups excluding carboxylic acids is 2. The van der Waals surface area contributed by atoms with Gasteiger partial charge in [-0.15, -0.1) is 0 Å². The number of allylic oxidation sites excluding steroid dienone is 1. The fourth-order valence-electron chi connectivity index (χ4n) is 3.66. The molecule has 0 aromatic heterocycles. The van der Waals surface area contributed by atoms with Gasteiger partial charge in [0, 0.05) is 12.0 Å². The van der Waals surface area contributed by atoms with Crippen molar-refractivity contribution in [3.8, 4) is 0 Å². The second-order valence-corrected chi connectivity index (χ2v) is 6.97. The number of hydrogen-bond donors (Lipinski definition) is 0. The molecule has 0 aliphatic carbocycles. The Balaban J connectivity index is 1.86. The third-order valence-corrected chi connectivity index (χ3v) is 5.07. The van der Waals surface area contributed by atoms with Crippen molar-refractivity contribution in [3.05, 3.63) is 113 Å². The average Bonchev–Trinajstić information content (AvgIpc) is 2.76. The van der Waals surface area contributed by atoms with E-state index in [1.807, 2.05) is 60.7 Å². The Morgan fingerprint density at radius 2 is 1.45 bits per heavy atom. The van der Waals surface area contributed by atoms with Gasteiger partial charge >= 0.3 is 0 Å². The number of ketones is 1. The number of nitrogens with zero attached hydrogens (tertiary/aromatic N) is 1. The highest BCUT2D eigenvalue weighted by Crippen LogP contribution is 2.34. The summed E-state index contributed by atoms with van der Waals surface area (Å²) in [6, 6.07) is 25.0. The van der Waals surface area contributed by atoms with E-state index in [4.69, 9.17) is 0 Å². The lowest BCUT2D eigenvalue weighted by molar-refractivity contribution is -0.128. The van der Waals surface area contributed by atoms with Gasteiger partial charge in [0.1, 0.15) is 5.82 Å². The molecule has 0 atom stereocenters. The molecule has 29 heavy (non-hydrogen) atoms. The Morgan fingerprint density at radius 1 is 0.828 bits per heavy atom. The molecule has 4 heteroatoms. The fourth-order valence-corrected chi connectivity index (χ4v) is 3.66. The zero-order chi connectivity index (χ0) is 20.2. The first kappa shape index (κ1) is 18.8. The van der Waals surface area contributed by atoms with Gasteiger partial charge in [0.2, 0.25) is 5.91 Å². The van der Waals surface area contributed by atoms with E-state index in [1.54, 1.807) is 17.0 Å². The molecule has 0 N–H and O–H groups in total. The van der Waals surface area contributed by atoms with Gasteiger partial charge in [0.25, 0.3) is 0 Å². The lowest BCUT2D eigenvalue weighted by Crippen LogP contribution is -2.34. The summed E-state index contributed by atoms with van der Waals surface area (Å²) in [5.74, 6) is -0.964. The van der Waals surface area contributed by atoms with E-state index >= 15 is 0 Å². The van der Waals surface area contributed by atoms with Gasteiger partial charge < -0.3 is 4.90 Å². The van der Waals surface area contributed by atoms with Crippen LogP contribution >= 0.6 is 0 Å². The van der Waals surface area contributed by atoms with Crippen LogP contribution in [0.2, 0.25) is 0 Å². The van der Waals surface area contributed by atoms with Gasteiger partial charge in [-0.3, -0.25) is 9.59 Å². The van der Waals surface area contributed by atoms with Crippen LogP contribution in [0.5, 0.6) is 0 Å². The van der Waals surface area contributed by atoms with Crippen LogP contribution in [0.25, 0.3) is 5.70 Å². The maximum atomic E-state index is 14.3. The normalized spacial score (nSPS) is 14.2. The molecule has 3 aromatic carbocycles. The van der Waals surface area contributed by atoms with Crippen LogP contribution < -0.4 is 0 Å². The molecule has 1 heterocycles. The average molecular weight is 385 g/mol. The summed E-state index contributed by atoms with van der Waals surface area (Å²) >= 11 is 0. The van der Waals surface area contributed by atoms with Gasteiger partial charge in [0.15, 0.2) is 5.78 Å². The van der Waals surface area contributed by atoms with Crippen molar-refractivity contribution >= 4 is 17.4 Å². The predicted molar refractivity (Wildman–Crippen MR) is 110 cm³/mol. The Kier molecular flexibility index (Phi) is 5.34. The molecule has 0 spiro atoms. The molecule has 1 aliphatic heterocycles. The lowest BCUT2D eigenvalue weighted by Gasteiger charge is -2.32. The van der Waals surface area contributed by atoms with E-state index in [9.17, 15) is 14.0 Å². The number of amides is 1. The van der Waals surface area contributed by atoms with Crippen LogP contribution in [-0.2, 0) is 11.3 Å². The molecule has 0 saturated heterocycles. The van der Waals surface area contributed by atoms with Crippen molar-refractivity contribution in [3.63, 3.8) is 0 Å². The van der Waals surface area contributed by atoms with Crippen LogP contribution in [0, 0.1) is 5.82 Å². The van der Waals surface area contributed by atoms with Crippen molar-refractivity contribution in [2.24, 2.45) is 0 Å². The molecule has 3 aromatic rings. The Morgan fingerprint density at radius 3 is 2.14 bits per heavy atom. The molecular weight excluding hydrogens is 365 g/mol. The van der Waals surface area contributed by atoms with Crippen LogP contribution in [0.4, 0.5) is 4.39 Å². The quantitative estimate of drug-likeness (QED) is 0.563. The van der Waals surface area contributed by atoms with Crippen molar-refractivity contribution in [1.82, 2.24) is 4.90 Å². The van der Waals surface area contributed by atoms with E-state index in [0.29, 0.717) is 24.2 Å². The van der Waals surface area contributed by atoms with E-state index < -0.39 is 5.82 Å². The zero-order valence-corrected chi connectivity index (χ0v) is 15.8. The summed E-state index contributed by atoms with van der Waals surface area (Å²) in [7, 11) is 0. The first-order chi connectivity index (χ1) is 14.1. The van der Waals surface area contributed by atoms with E-state index in [-0.39, 0.29) is 23.7 Å². The Hall–Kier alpha value is -3.53. The molecular formula is C25H20FNO2. The number of Topliss-reactive ketones (excluding diaryl/α,β-unsaturated/α-hetero) is 1. The summed E-state index contributed by atoms with van der Waals surface area (Å²) in [4.78, 5) is 27.8. The highest BCUT2D eigenvalue weighted by Gasteiger charge is 2.32. The summed E-state index contributed by atoms with van der Waals surface area (Å²) in [6.07, 6.45) is 0.514. The van der Waals surface area contributed by atoms with E-state index in [2.05, 4.69) is 0 Å². The SMILES string of the molecule is O=C(C1=C(c2ccccc2)N(Cc2ccccc2)C(=O)CC1)c1ccccc1F. The molecule has 3 nitrogen and oxygen atoms in total. The number of halogens is 1. The summed E-state index contributed by atoms with van der Waals surface area (Å²) < 4.78 is 14.3. The Labute approximate surface area is 169 Å². The minimum atomic E-state index is -0.552. The van der Waals surface area contributed by atoms with Crippen molar-refractivity contribution in [2.75, 3.05) is 0 Å². The topological polar surface area (TPSA) is 37.4 Å². The van der Waals surface area contributed by atoms with Gasteiger partial charge in [-0.2, -0.15) is 0 Å². The highest BCUT2D eigenvalue weighted by atomic mass is 19.1. The minimum Gasteiger partial charge on any atom is -0.307 e. The van der Waals surface area contributed by atoms with Gasteiger partial charge in [-0.05, 0) is 29.7 Å². The molecule has 0 fully saturated rings. The number of rotatable bonds is 5. The van der Waals surface area contributed by atoms with Crippen molar-refractivity contribution in [1.29, 1.82) is 0 Å².